The van der Waals surface area contributed by atoms with Crippen molar-refractivity contribution in [2.45, 2.75) is 19.8 Å². The molecule has 98 valence electrons. The van der Waals surface area contributed by atoms with Crippen LogP contribution in [0.3, 0.4) is 0 Å². The van der Waals surface area contributed by atoms with Crippen LogP contribution in [-0.2, 0) is 6.42 Å². The molecule has 0 spiro atoms. The highest BCUT2D eigenvalue weighted by molar-refractivity contribution is 7.80. The summed E-state index contributed by atoms with van der Waals surface area (Å²) < 4.78 is 0. The molecule has 1 aromatic carbocycles. The fourth-order valence-corrected chi connectivity index (χ4v) is 2.04. The number of rotatable bonds is 5. The molecule has 0 saturated carbocycles. The molecule has 4 heteroatoms. The fourth-order valence-electron chi connectivity index (χ4n) is 1.93. The molecule has 0 fully saturated rings. The predicted octanol–water partition coefficient (Wildman–Crippen LogP) is 3.41. The van der Waals surface area contributed by atoms with Crippen LogP contribution in [0.5, 0.6) is 0 Å². The molecule has 0 unspecified atom stereocenters. The number of aromatic nitrogens is 1. The molecule has 0 amide bonds. The molecule has 1 heterocycles. The average Bonchev–Trinajstić information content (AvgIpc) is 2.41. The van der Waals surface area contributed by atoms with Crippen molar-refractivity contribution in [2.75, 3.05) is 5.32 Å². The Labute approximate surface area is 118 Å². The van der Waals surface area contributed by atoms with Crippen molar-refractivity contribution < 1.29 is 0 Å². The van der Waals surface area contributed by atoms with Gasteiger partial charge < -0.3 is 11.1 Å². The lowest BCUT2D eigenvalue weighted by Crippen LogP contribution is -2.11. The lowest BCUT2D eigenvalue weighted by Gasteiger charge is -2.12. The quantitative estimate of drug-likeness (QED) is 0.818. The zero-order valence-electron chi connectivity index (χ0n) is 10.9. The van der Waals surface area contributed by atoms with Gasteiger partial charge in [0, 0.05) is 17.6 Å². The van der Waals surface area contributed by atoms with Crippen molar-refractivity contribution in [3.8, 4) is 0 Å². The van der Waals surface area contributed by atoms with E-state index in [2.05, 4.69) is 35.4 Å². The summed E-state index contributed by atoms with van der Waals surface area (Å²) in [4.78, 5) is 4.44. The van der Waals surface area contributed by atoms with Gasteiger partial charge in [-0.2, -0.15) is 0 Å². The first-order valence-corrected chi connectivity index (χ1v) is 6.72. The van der Waals surface area contributed by atoms with E-state index in [9.17, 15) is 0 Å². The molecule has 0 saturated heterocycles. The van der Waals surface area contributed by atoms with Gasteiger partial charge in [-0.15, -0.1) is 0 Å². The summed E-state index contributed by atoms with van der Waals surface area (Å²) in [5.74, 6) is 0. The summed E-state index contributed by atoms with van der Waals surface area (Å²) in [5, 5.41) is 3.40. The number of hydrogen-bond acceptors (Lipinski definition) is 3. The van der Waals surface area contributed by atoms with Crippen molar-refractivity contribution in [1.82, 2.24) is 4.98 Å². The van der Waals surface area contributed by atoms with Crippen LogP contribution >= 0.6 is 12.2 Å². The number of aryl methyl sites for hydroxylation is 1. The Morgan fingerprint density at radius 1 is 1.32 bits per heavy atom. The van der Waals surface area contributed by atoms with Crippen molar-refractivity contribution >= 4 is 28.6 Å². The monoisotopic (exact) mass is 271 g/mol. The Hall–Kier alpha value is -1.94. The van der Waals surface area contributed by atoms with E-state index in [-0.39, 0.29) is 0 Å². The normalized spacial score (nSPS) is 10.2. The van der Waals surface area contributed by atoms with Crippen LogP contribution in [0.2, 0.25) is 0 Å². The number of nitrogens with two attached hydrogens (primary N) is 1. The summed E-state index contributed by atoms with van der Waals surface area (Å²) in [5.41, 5.74) is 9.59. The third kappa shape index (κ3) is 3.51. The van der Waals surface area contributed by atoms with Gasteiger partial charge in [0.1, 0.15) is 4.99 Å². The maximum atomic E-state index is 5.59. The van der Waals surface area contributed by atoms with E-state index in [0.29, 0.717) is 10.7 Å². The lowest BCUT2D eigenvalue weighted by atomic mass is 10.1. The second-order valence-electron chi connectivity index (χ2n) is 4.33. The SMILES string of the molecule is CCCc1ccccc1Nc1ccnc(C(N)=S)c1. The molecule has 3 N–H and O–H groups in total. The number of hydrogen-bond donors (Lipinski definition) is 2. The highest BCUT2D eigenvalue weighted by Crippen LogP contribution is 2.22. The Morgan fingerprint density at radius 2 is 2.11 bits per heavy atom. The van der Waals surface area contributed by atoms with Crippen molar-refractivity contribution in [3.63, 3.8) is 0 Å². The van der Waals surface area contributed by atoms with Crippen LogP contribution in [0.25, 0.3) is 0 Å². The summed E-state index contributed by atoms with van der Waals surface area (Å²) in [6, 6.07) is 12.1. The van der Waals surface area contributed by atoms with Gasteiger partial charge in [0.25, 0.3) is 0 Å². The molecular formula is C15H17N3S. The molecule has 2 aromatic rings. The van der Waals surface area contributed by atoms with E-state index < -0.39 is 0 Å². The number of benzene rings is 1. The van der Waals surface area contributed by atoms with Gasteiger partial charge in [-0.1, -0.05) is 43.8 Å². The summed E-state index contributed by atoms with van der Waals surface area (Å²) in [6.45, 7) is 2.17. The van der Waals surface area contributed by atoms with Crippen LogP contribution in [0, 0.1) is 0 Å². The first kappa shape index (κ1) is 13.5. The van der Waals surface area contributed by atoms with Crippen LogP contribution in [-0.4, -0.2) is 9.97 Å². The third-order valence-corrected chi connectivity index (χ3v) is 3.04. The number of nitrogens with zero attached hydrogens (tertiary/aromatic N) is 1. The maximum Gasteiger partial charge on any atom is 0.122 e. The molecule has 2 rings (SSSR count). The Morgan fingerprint density at radius 3 is 2.84 bits per heavy atom. The zero-order valence-corrected chi connectivity index (χ0v) is 11.7. The summed E-state index contributed by atoms with van der Waals surface area (Å²) in [6.07, 6.45) is 3.88. The molecule has 0 bridgehead atoms. The lowest BCUT2D eigenvalue weighted by molar-refractivity contribution is 0.923. The minimum atomic E-state index is 0.311. The van der Waals surface area contributed by atoms with Crippen LogP contribution in [0.1, 0.15) is 24.6 Å². The Balaban J connectivity index is 2.26. The zero-order chi connectivity index (χ0) is 13.7. The first-order valence-electron chi connectivity index (χ1n) is 6.31. The summed E-state index contributed by atoms with van der Waals surface area (Å²) >= 11 is 4.94. The summed E-state index contributed by atoms with van der Waals surface area (Å²) in [7, 11) is 0. The van der Waals surface area contributed by atoms with Gasteiger partial charge in [0.15, 0.2) is 0 Å². The number of para-hydroxylation sites is 1. The molecule has 0 aliphatic carbocycles. The van der Waals surface area contributed by atoms with E-state index in [0.717, 1.165) is 24.2 Å². The highest BCUT2D eigenvalue weighted by atomic mass is 32.1. The maximum absolute atomic E-state index is 5.59. The Kier molecular flexibility index (Phi) is 4.47. The minimum Gasteiger partial charge on any atom is -0.388 e. The van der Waals surface area contributed by atoms with E-state index >= 15 is 0 Å². The highest BCUT2D eigenvalue weighted by Gasteiger charge is 2.03. The van der Waals surface area contributed by atoms with E-state index in [1.165, 1.54) is 5.56 Å². The van der Waals surface area contributed by atoms with Crippen LogP contribution < -0.4 is 11.1 Å². The average molecular weight is 271 g/mol. The number of nitrogens with one attached hydrogen (secondary N) is 1. The topological polar surface area (TPSA) is 50.9 Å². The van der Waals surface area contributed by atoms with Crippen LogP contribution in [0.4, 0.5) is 11.4 Å². The number of anilines is 2. The van der Waals surface area contributed by atoms with Gasteiger partial charge in [-0.05, 0) is 30.2 Å². The van der Waals surface area contributed by atoms with Crippen LogP contribution in [0.15, 0.2) is 42.6 Å². The van der Waals surface area contributed by atoms with Crippen molar-refractivity contribution in [3.05, 3.63) is 53.9 Å². The smallest absolute Gasteiger partial charge is 0.122 e. The van der Waals surface area contributed by atoms with Gasteiger partial charge in [0.2, 0.25) is 0 Å². The fraction of sp³-hybridized carbons (Fsp3) is 0.200. The number of thiocarbonyl (C=S) groups is 1. The predicted molar refractivity (Wildman–Crippen MR) is 83.8 cm³/mol. The first-order chi connectivity index (χ1) is 9.20. The molecular weight excluding hydrogens is 254 g/mol. The van der Waals surface area contributed by atoms with Gasteiger partial charge in [0.05, 0.1) is 5.69 Å². The van der Waals surface area contributed by atoms with Crippen molar-refractivity contribution in [2.24, 2.45) is 5.73 Å². The van der Waals surface area contributed by atoms with Gasteiger partial charge in [-0.25, -0.2) is 0 Å². The van der Waals surface area contributed by atoms with Crippen molar-refractivity contribution in [1.29, 1.82) is 0 Å². The molecule has 0 aliphatic heterocycles. The molecule has 19 heavy (non-hydrogen) atoms. The standard InChI is InChI=1S/C15H17N3S/c1-2-5-11-6-3-4-7-13(11)18-12-8-9-17-14(10-12)15(16)19/h3-4,6-10H,2,5H2,1H3,(H2,16,19)(H,17,18). The molecule has 0 atom stereocenters. The number of pyridine rings is 1. The minimum absolute atomic E-state index is 0.311. The van der Waals surface area contributed by atoms with E-state index in [1.807, 2.05) is 18.2 Å². The molecule has 1 aromatic heterocycles. The molecule has 3 nitrogen and oxygen atoms in total. The molecule has 0 radical (unpaired) electrons. The third-order valence-electron chi connectivity index (χ3n) is 2.83. The van der Waals surface area contributed by atoms with Gasteiger partial charge in [-0.3, -0.25) is 4.98 Å². The van der Waals surface area contributed by atoms with E-state index in [1.54, 1.807) is 6.20 Å². The Bertz CT molecular complexity index is 581. The second kappa shape index (κ2) is 6.29. The van der Waals surface area contributed by atoms with E-state index in [4.69, 9.17) is 18.0 Å². The largest absolute Gasteiger partial charge is 0.388 e. The second-order valence-corrected chi connectivity index (χ2v) is 4.77. The molecule has 0 aliphatic rings. The van der Waals surface area contributed by atoms with Gasteiger partial charge >= 0.3 is 0 Å².